The molecule has 1 nitrogen and oxygen atoms in total. The Morgan fingerprint density at radius 3 is 1.54 bits per heavy atom. The van der Waals surface area contributed by atoms with Gasteiger partial charge in [0.1, 0.15) is 0 Å². The summed E-state index contributed by atoms with van der Waals surface area (Å²) in [6, 6.07) is 0. The molecule has 0 fully saturated rings. The lowest BCUT2D eigenvalue weighted by molar-refractivity contribution is 0.375. The van der Waals surface area contributed by atoms with E-state index < -0.39 is 0 Å². The SMILES string of the molecule is CCCCCCCCCCCCCCCCCCN1[C]=CC=CC1. The summed E-state index contributed by atoms with van der Waals surface area (Å²) < 4.78 is 0. The van der Waals surface area contributed by atoms with Gasteiger partial charge in [-0.1, -0.05) is 115 Å². The van der Waals surface area contributed by atoms with Crippen LogP contribution in [0.25, 0.3) is 0 Å². The minimum atomic E-state index is 1.05. The Balaban J connectivity index is 1.67. The fourth-order valence-corrected chi connectivity index (χ4v) is 3.46. The molecule has 1 heteroatoms. The monoisotopic (exact) mass is 332 g/mol. The molecule has 0 saturated carbocycles. The van der Waals surface area contributed by atoms with Gasteiger partial charge in [-0.15, -0.1) is 0 Å². The first-order chi connectivity index (χ1) is 11.9. The van der Waals surface area contributed by atoms with Crippen LogP contribution in [-0.4, -0.2) is 18.0 Å². The molecular weight excluding hydrogens is 290 g/mol. The Morgan fingerprint density at radius 2 is 1.12 bits per heavy atom. The van der Waals surface area contributed by atoms with Gasteiger partial charge in [-0.05, 0) is 12.5 Å². The van der Waals surface area contributed by atoms with E-state index in [0.29, 0.717) is 0 Å². The maximum absolute atomic E-state index is 3.29. The molecule has 0 saturated heterocycles. The summed E-state index contributed by atoms with van der Waals surface area (Å²) >= 11 is 0. The molecule has 1 radical (unpaired) electrons. The summed E-state index contributed by atoms with van der Waals surface area (Å²) in [6.07, 6.45) is 32.7. The van der Waals surface area contributed by atoms with E-state index in [0.717, 1.165) is 6.54 Å². The average Bonchev–Trinajstić information content (AvgIpc) is 2.62. The highest BCUT2D eigenvalue weighted by molar-refractivity contribution is 5.04. The van der Waals surface area contributed by atoms with E-state index in [1.54, 1.807) is 0 Å². The second kappa shape index (κ2) is 17.1. The molecule has 0 amide bonds. The van der Waals surface area contributed by atoms with Gasteiger partial charge in [0.15, 0.2) is 0 Å². The molecule has 0 N–H and O–H groups in total. The van der Waals surface area contributed by atoms with Crippen LogP contribution in [0.1, 0.15) is 110 Å². The molecule has 0 bridgehead atoms. The van der Waals surface area contributed by atoms with Gasteiger partial charge in [-0.2, -0.15) is 0 Å². The highest BCUT2D eigenvalue weighted by Crippen LogP contribution is 2.13. The van der Waals surface area contributed by atoms with Crippen LogP contribution in [0.4, 0.5) is 0 Å². The quantitative estimate of drug-likeness (QED) is 0.250. The van der Waals surface area contributed by atoms with Gasteiger partial charge >= 0.3 is 0 Å². The summed E-state index contributed by atoms with van der Waals surface area (Å²) in [7, 11) is 0. The van der Waals surface area contributed by atoms with Crippen LogP contribution in [0, 0.1) is 6.20 Å². The molecule has 1 rings (SSSR count). The third kappa shape index (κ3) is 13.7. The van der Waals surface area contributed by atoms with Crippen molar-refractivity contribution in [1.29, 1.82) is 0 Å². The van der Waals surface area contributed by atoms with E-state index in [-0.39, 0.29) is 0 Å². The van der Waals surface area contributed by atoms with Gasteiger partial charge < -0.3 is 4.90 Å². The molecule has 0 spiro atoms. The summed E-state index contributed by atoms with van der Waals surface area (Å²) in [4.78, 5) is 2.30. The van der Waals surface area contributed by atoms with Crippen molar-refractivity contribution in [3.8, 4) is 0 Å². The molecule has 0 aromatic heterocycles. The van der Waals surface area contributed by atoms with Gasteiger partial charge in [0, 0.05) is 13.1 Å². The zero-order valence-electron chi connectivity index (χ0n) is 16.4. The Labute approximate surface area is 152 Å². The minimum Gasteiger partial charge on any atom is -0.366 e. The minimum absolute atomic E-state index is 1.05. The number of unbranched alkanes of at least 4 members (excludes halogenated alkanes) is 15. The highest BCUT2D eigenvalue weighted by atomic mass is 15.1. The standard InChI is InChI=1S/C23H42N/c1-2-3-4-5-6-7-8-9-10-11-12-13-14-15-16-18-21-24-22-19-17-20-23-24/h17,19-20H,2-16,18,21-22H2,1H3. The van der Waals surface area contributed by atoms with Gasteiger partial charge in [-0.25, -0.2) is 0 Å². The maximum Gasteiger partial charge on any atom is 0.0606 e. The molecule has 24 heavy (non-hydrogen) atoms. The van der Waals surface area contributed by atoms with Gasteiger partial charge in [0.25, 0.3) is 0 Å². The Hall–Kier alpha value is -0.720. The second-order valence-electron chi connectivity index (χ2n) is 7.47. The number of hydrogen-bond acceptors (Lipinski definition) is 1. The van der Waals surface area contributed by atoms with Gasteiger partial charge in [0.05, 0.1) is 6.20 Å². The highest BCUT2D eigenvalue weighted by Gasteiger charge is 1.99. The zero-order valence-corrected chi connectivity index (χ0v) is 16.4. The summed E-state index contributed by atoms with van der Waals surface area (Å²) in [5.74, 6) is 0. The van der Waals surface area contributed by atoms with Crippen LogP contribution in [-0.2, 0) is 0 Å². The van der Waals surface area contributed by atoms with E-state index >= 15 is 0 Å². The Bertz CT molecular complexity index is 305. The average molecular weight is 333 g/mol. The maximum atomic E-state index is 3.29. The predicted octanol–water partition coefficient (Wildman–Crippen LogP) is 7.44. The van der Waals surface area contributed by atoms with E-state index in [1.807, 2.05) is 6.08 Å². The van der Waals surface area contributed by atoms with Crippen molar-refractivity contribution in [1.82, 2.24) is 4.90 Å². The molecule has 0 aromatic carbocycles. The first-order valence-corrected chi connectivity index (χ1v) is 10.9. The number of rotatable bonds is 17. The largest absolute Gasteiger partial charge is 0.366 e. The molecule has 1 aliphatic heterocycles. The molecule has 0 unspecified atom stereocenters. The van der Waals surface area contributed by atoms with Crippen LogP contribution in [0.15, 0.2) is 18.2 Å². The topological polar surface area (TPSA) is 3.24 Å². The smallest absolute Gasteiger partial charge is 0.0606 e. The Morgan fingerprint density at radius 1 is 0.667 bits per heavy atom. The molecule has 139 valence electrons. The van der Waals surface area contributed by atoms with Crippen molar-refractivity contribution >= 4 is 0 Å². The lowest BCUT2D eigenvalue weighted by Crippen LogP contribution is -2.20. The third-order valence-corrected chi connectivity index (χ3v) is 5.10. The van der Waals surface area contributed by atoms with Crippen LogP contribution >= 0.6 is 0 Å². The van der Waals surface area contributed by atoms with Crippen molar-refractivity contribution in [2.45, 2.75) is 110 Å². The van der Waals surface area contributed by atoms with Crippen molar-refractivity contribution in [3.63, 3.8) is 0 Å². The second-order valence-corrected chi connectivity index (χ2v) is 7.47. The fraction of sp³-hybridized carbons (Fsp3) is 0.826. The molecule has 0 atom stereocenters. The van der Waals surface area contributed by atoms with Crippen molar-refractivity contribution in [3.05, 3.63) is 24.4 Å². The fourth-order valence-electron chi connectivity index (χ4n) is 3.46. The molecule has 1 heterocycles. The lowest BCUT2D eigenvalue weighted by atomic mass is 10.0. The molecule has 0 aliphatic carbocycles. The van der Waals surface area contributed by atoms with Crippen LogP contribution in [0.3, 0.4) is 0 Å². The van der Waals surface area contributed by atoms with E-state index in [2.05, 4.69) is 30.2 Å². The summed E-state index contributed by atoms with van der Waals surface area (Å²) in [6.45, 7) is 4.53. The van der Waals surface area contributed by atoms with Crippen LogP contribution < -0.4 is 0 Å². The number of allylic oxidation sites excluding steroid dienone is 2. The lowest BCUT2D eigenvalue weighted by Gasteiger charge is -2.19. The third-order valence-electron chi connectivity index (χ3n) is 5.10. The van der Waals surface area contributed by atoms with Crippen molar-refractivity contribution < 1.29 is 0 Å². The summed E-state index contributed by atoms with van der Waals surface area (Å²) in [5, 5.41) is 0. The molecule has 1 aliphatic rings. The van der Waals surface area contributed by atoms with Crippen molar-refractivity contribution in [2.24, 2.45) is 0 Å². The molecule has 0 aromatic rings. The number of hydrogen-bond donors (Lipinski definition) is 0. The predicted molar refractivity (Wildman–Crippen MR) is 108 cm³/mol. The van der Waals surface area contributed by atoms with E-state index in [4.69, 9.17) is 0 Å². The van der Waals surface area contributed by atoms with Crippen molar-refractivity contribution in [2.75, 3.05) is 13.1 Å². The molecular formula is C23H42N. The first kappa shape index (κ1) is 21.3. The van der Waals surface area contributed by atoms with E-state index in [9.17, 15) is 0 Å². The Kier molecular flexibility index (Phi) is 15.2. The van der Waals surface area contributed by atoms with E-state index in [1.165, 1.54) is 109 Å². The van der Waals surface area contributed by atoms with Crippen LogP contribution in [0.2, 0.25) is 0 Å². The van der Waals surface area contributed by atoms with Gasteiger partial charge in [0.2, 0.25) is 0 Å². The first-order valence-electron chi connectivity index (χ1n) is 10.9. The summed E-state index contributed by atoms with van der Waals surface area (Å²) in [5.41, 5.74) is 0. The number of nitrogens with zero attached hydrogens (tertiary/aromatic N) is 1. The zero-order chi connectivity index (χ0) is 17.1. The normalized spacial score (nSPS) is 13.8. The van der Waals surface area contributed by atoms with Gasteiger partial charge in [-0.3, -0.25) is 0 Å². The van der Waals surface area contributed by atoms with Crippen LogP contribution in [0.5, 0.6) is 0 Å².